The van der Waals surface area contributed by atoms with Gasteiger partial charge in [0, 0.05) is 23.0 Å². The number of aryl methyl sites for hydroxylation is 1. The zero-order valence-corrected chi connectivity index (χ0v) is 12.4. The summed E-state index contributed by atoms with van der Waals surface area (Å²) < 4.78 is 14.2. The van der Waals surface area contributed by atoms with Crippen molar-refractivity contribution in [1.82, 2.24) is 10.3 Å². The summed E-state index contributed by atoms with van der Waals surface area (Å²) >= 11 is 5.83. The zero-order chi connectivity index (χ0) is 14.5. The third-order valence-corrected chi connectivity index (χ3v) is 3.55. The van der Waals surface area contributed by atoms with Crippen LogP contribution in [0.5, 0.6) is 0 Å². The lowest BCUT2D eigenvalue weighted by Gasteiger charge is -2.22. The van der Waals surface area contributed by atoms with E-state index in [4.69, 9.17) is 11.6 Å². The lowest BCUT2D eigenvalue weighted by Crippen LogP contribution is -2.24. The Kier molecular flexibility index (Phi) is 5.10. The number of hydrogen-bond acceptors (Lipinski definition) is 2. The summed E-state index contributed by atoms with van der Waals surface area (Å²) in [5, 5.41) is 3.75. The second-order valence-electron chi connectivity index (χ2n) is 4.58. The number of aromatic nitrogens is 1. The molecule has 0 spiro atoms. The average molecular weight is 293 g/mol. The number of nitrogens with one attached hydrogen (secondary N) is 1. The maximum atomic E-state index is 14.2. The first-order valence-corrected chi connectivity index (χ1v) is 7.16. The molecule has 0 fully saturated rings. The molecule has 2 aromatic rings. The maximum Gasteiger partial charge on any atom is 0.129 e. The molecule has 0 amide bonds. The molecule has 1 aromatic heterocycles. The van der Waals surface area contributed by atoms with Crippen LogP contribution >= 0.6 is 11.6 Å². The molecule has 0 saturated heterocycles. The number of rotatable bonds is 5. The summed E-state index contributed by atoms with van der Waals surface area (Å²) in [6.45, 7) is 4.83. The molecule has 0 aliphatic carbocycles. The van der Waals surface area contributed by atoms with Crippen molar-refractivity contribution in [3.8, 4) is 0 Å². The van der Waals surface area contributed by atoms with Gasteiger partial charge in [0.25, 0.3) is 0 Å². The number of benzene rings is 1. The van der Waals surface area contributed by atoms with Gasteiger partial charge in [-0.3, -0.25) is 4.98 Å². The highest BCUT2D eigenvalue weighted by atomic mass is 35.5. The van der Waals surface area contributed by atoms with Crippen LogP contribution < -0.4 is 5.32 Å². The highest BCUT2D eigenvalue weighted by Crippen LogP contribution is 2.28. The standard InChI is InChI=1S/C16H18ClFN2/c1-3-11-10-19-8-7-13(11)16(20-4-2)14-6-5-12(17)9-15(14)18/h5-10,16,20H,3-4H2,1-2H3. The van der Waals surface area contributed by atoms with Gasteiger partial charge in [0.1, 0.15) is 5.82 Å². The van der Waals surface area contributed by atoms with Gasteiger partial charge in [0.15, 0.2) is 0 Å². The molecule has 0 aliphatic rings. The van der Waals surface area contributed by atoms with Crippen molar-refractivity contribution >= 4 is 11.6 Å². The van der Waals surface area contributed by atoms with Crippen LogP contribution in [0.2, 0.25) is 5.02 Å². The second kappa shape index (κ2) is 6.82. The molecular weight excluding hydrogens is 275 g/mol. The van der Waals surface area contributed by atoms with Gasteiger partial charge in [-0.2, -0.15) is 0 Å². The van der Waals surface area contributed by atoms with Crippen LogP contribution in [-0.4, -0.2) is 11.5 Å². The lowest BCUT2D eigenvalue weighted by atomic mass is 9.94. The highest BCUT2D eigenvalue weighted by molar-refractivity contribution is 6.30. The van der Waals surface area contributed by atoms with E-state index in [1.165, 1.54) is 6.07 Å². The van der Waals surface area contributed by atoms with E-state index in [0.29, 0.717) is 10.6 Å². The second-order valence-corrected chi connectivity index (χ2v) is 5.02. The summed E-state index contributed by atoms with van der Waals surface area (Å²) in [4.78, 5) is 4.15. The SMILES string of the molecule is CCNC(c1ccc(Cl)cc1F)c1ccncc1CC. The van der Waals surface area contributed by atoms with Crippen LogP contribution in [0.25, 0.3) is 0 Å². The Labute approximate surface area is 124 Å². The maximum absolute atomic E-state index is 14.2. The first-order chi connectivity index (χ1) is 9.67. The van der Waals surface area contributed by atoms with Gasteiger partial charge in [0.2, 0.25) is 0 Å². The van der Waals surface area contributed by atoms with Crippen molar-refractivity contribution in [2.24, 2.45) is 0 Å². The molecule has 1 unspecified atom stereocenters. The largest absolute Gasteiger partial charge is 0.306 e. The van der Waals surface area contributed by atoms with Gasteiger partial charge in [-0.1, -0.05) is 31.5 Å². The smallest absolute Gasteiger partial charge is 0.129 e. The summed E-state index contributed by atoms with van der Waals surface area (Å²) in [7, 11) is 0. The Balaban J connectivity index is 2.50. The molecule has 20 heavy (non-hydrogen) atoms. The van der Waals surface area contributed by atoms with E-state index in [1.807, 2.05) is 19.2 Å². The molecule has 1 aromatic carbocycles. The van der Waals surface area contributed by atoms with Crippen molar-refractivity contribution in [2.75, 3.05) is 6.54 Å². The predicted molar refractivity (Wildman–Crippen MR) is 80.5 cm³/mol. The predicted octanol–water partition coefficient (Wildman–Crippen LogP) is 4.14. The van der Waals surface area contributed by atoms with Gasteiger partial charge < -0.3 is 5.32 Å². The lowest BCUT2D eigenvalue weighted by molar-refractivity contribution is 0.556. The molecule has 0 bridgehead atoms. The molecule has 4 heteroatoms. The molecule has 1 atom stereocenters. The summed E-state index contributed by atoms with van der Waals surface area (Å²) in [6, 6.07) is 6.58. The van der Waals surface area contributed by atoms with Crippen molar-refractivity contribution in [3.05, 3.63) is 64.2 Å². The summed E-state index contributed by atoms with van der Waals surface area (Å²) in [6.07, 6.45) is 4.44. The fourth-order valence-corrected chi connectivity index (χ4v) is 2.50. The molecule has 1 N–H and O–H groups in total. The monoisotopic (exact) mass is 292 g/mol. The van der Waals surface area contributed by atoms with E-state index in [2.05, 4.69) is 17.2 Å². The van der Waals surface area contributed by atoms with Gasteiger partial charge in [-0.05, 0) is 42.3 Å². The van der Waals surface area contributed by atoms with Crippen LogP contribution in [0.4, 0.5) is 4.39 Å². The zero-order valence-electron chi connectivity index (χ0n) is 11.7. The van der Waals surface area contributed by atoms with E-state index in [0.717, 1.165) is 24.1 Å². The van der Waals surface area contributed by atoms with Gasteiger partial charge in [0.05, 0.1) is 6.04 Å². The van der Waals surface area contributed by atoms with Gasteiger partial charge in [-0.25, -0.2) is 4.39 Å². The van der Waals surface area contributed by atoms with Crippen LogP contribution in [-0.2, 0) is 6.42 Å². The Bertz CT molecular complexity index is 586. The normalized spacial score (nSPS) is 12.4. The molecule has 2 rings (SSSR count). The van der Waals surface area contributed by atoms with E-state index >= 15 is 0 Å². The van der Waals surface area contributed by atoms with Gasteiger partial charge >= 0.3 is 0 Å². The Hall–Kier alpha value is -1.45. The number of hydrogen-bond donors (Lipinski definition) is 1. The third kappa shape index (κ3) is 3.17. The van der Waals surface area contributed by atoms with E-state index in [-0.39, 0.29) is 11.9 Å². The Morgan fingerprint density at radius 3 is 2.70 bits per heavy atom. The van der Waals surface area contributed by atoms with Crippen molar-refractivity contribution in [1.29, 1.82) is 0 Å². The number of nitrogens with zero attached hydrogens (tertiary/aromatic N) is 1. The Morgan fingerprint density at radius 1 is 1.25 bits per heavy atom. The fraction of sp³-hybridized carbons (Fsp3) is 0.312. The molecule has 0 saturated carbocycles. The summed E-state index contributed by atoms with van der Waals surface area (Å²) in [5.41, 5.74) is 2.79. The van der Waals surface area contributed by atoms with Crippen LogP contribution in [0.15, 0.2) is 36.7 Å². The first kappa shape index (κ1) is 14.9. The first-order valence-electron chi connectivity index (χ1n) is 6.78. The van der Waals surface area contributed by atoms with E-state index in [9.17, 15) is 4.39 Å². The number of pyridine rings is 1. The third-order valence-electron chi connectivity index (χ3n) is 3.31. The Morgan fingerprint density at radius 2 is 2.05 bits per heavy atom. The average Bonchev–Trinajstić information content (AvgIpc) is 2.45. The highest BCUT2D eigenvalue weighted by Gasteiger charge is 2.19. The van der Waals surface area contributed by atoms with Crippen LogP contribution in [0.3, 0.4) is 0 Å². The van der Waals surface area contributed by atoms with Crippen LogP contribution in [0.1, 0.15) is 36.6 Å². The molecule has 106 valence electrons. The van der Waals surface area contributed by atoms with Crippen molar-refractivity contribution in [3.63, 3.8) is 0 Å². The molecule has 0 radical (unpaired) electrons. The van der Waals surface area contributed by atoms with Crippen LogP contribution in [0, 0.1) is 5.82 Å². The molecular formula is C16H18ClFN2. The topological polar surface area (TPSA) is 24.9 Å². The molecule has 0 aliphatic heterocycles. The van der Waals surface area contributed by atoms with Gasteiger partial charge in [-0.15, -0.1) is 0 Å². The van der Waals surface area contributed by atoms with Crippen molar-refractivity contribution < 1.29 is 4.39 Å². The summed E-state index contributed by atoms with van der Waals surface area (Å²) in [5.74, 6) is -0.290. The minimum atomic E-state index is -0.290. The quantitative estimate of drug-likeness (QED) is 0.896. The van der Waals surface area contributed by atoms with Crippen molar-refractivity contribution in [2.45, 2.75) is 26.3 Å². The fourth-order valence-electron chi connectivity index (χ4n) is 2.34. The molecule has 2 nitrogen and oxygen atoms in total. The number of halogens is 2. The van der Waals surface area contributed by atoms with E-state index < -0.39 is 0 Å². The minimum Gasteiger partial charge on any atom is -0.306 e. The molecule has 1 heterocycles. The minimum absolute atomic E-state index is 0.185. The van der Waals surface area contributed by atoms with E-state index in [1.54, 1.807) is 18.3 Å².